The van der Waals surface area contributed by atoms with Gasteiger partial charge in [0.05, 0.1) is 11.3 Å². The lowest BCUT2D eigenvalue weighted by molar-refractivity contribution is 0.0696. The quantitative estimate of drug-likeness (QED) is 0.620. The number of phenolic OH excluding ortho intramolecular Hbond substituents is 1. The number of carbonyl (C=O) groups is 1. The molecule has 1 aromatic carbocycles. The van der Waals surface area contributed by atoms with E-state index in [9.17, 15) is 18.3 Å². The number of anilines is 1. The second-order valence-electron chi connectivity index (χ2n) is 4.99. The highest BCUT2D eigenvalue weighted by atomic mass is 32.2. The molecule has 0 amide bonds. The second-order valence-corrected chi connectivity index (χ2v) is 6.41. The molecule has 0 unspecified atom stereocenters. The van der Waals surface area contributed by atoms with Gasteiger partial charge in [0, 0.05) is 5.54 Å². The molecular weight excluding hydrogens is 272 g/mol. The molecule has 0 radical (unpaired) electrons. The van der Waals surface area contributed by atoms with Crippen LogP contribution in [0.4, 0.5) is 5.69 Å². The van der Waals surface area contributed by atoms with Crippen LogP contribution >= 0.6 is 0 Å². The van der Waals surface area contributed by atoms with Crippen LogP contribution in [0, 0.1) is 0 Å². The molecule has 4 N–H and O–H groups in total. The minimum Gasteiger partial charge on any atom is -0.506 e. The number of aromatic hydroxyl groups is 1. The molecule has 1 rings (SSSR count). The maximum absolute atomic E-state index is 11.7. The van der Waals surface area contributed by atoms with Crippen molar-refractivity contribution in [3.63, 3.8) is 0 Å². The van der Waals surface area contributed by atoms with E-state index in [1.54, 1.807) is 20.8 Å². The first-order chi connectivity index (χ1) is 8.50. The molecule has 0 spiro atoms. The minimum atomic E-state index is -3.86. The molecule has 0 atom stereocenters. The number of hydrogen-bond acceptors (Lipinski definition) is 4. The van der Waals surface area contributed by atoms with Gasteiger partial charge in [0.15, 0.2) is 0 Å². The van der Waals surface area contributed by atoms with E-state index in [2.05, 4.69) is 9.44 Å². The van der Waals surface area contributed by atoms with E-state index in [0.717, 1.165) is 6.07 Å². The van der Waals surface area contributed by atoms with E-state index in [0.29, 0.717) is 0 Å². The molecule has 0 aliphatic heterocycles. The third-order valence-corrected chi connectivity index (χ3v) is 3.30. The lowest BCUT2D eigenvalue weighted by Crippen LogP contribution is -2.43. The van der Waals surface area contributed by atoms with Crippen LogP contribution in [0.3, 0.4) is 0 Å². The lowest BCUT2D eigenvalue weighted by Gasteiger charge is -2.21. The zero-order chi connectivity index (χ0) is 14.8. The van der Waals surface area contributed by atoms with Gasteiger partial charge in [-0.2, -0.15) is 13.1 Å². The molecule has 0 saturated carbocycles. The normalized spacial score (nSPS) is 12.2. The Morgan fingerprint density at radius 1 is 1.26 bits per heavy atom. The van der Waals surface area contributed by atoms with Gasteiger partial charge in [-0.3, -0.25) is 4.72 Å². The lowest BCUT2D eigenvalue weighted by atomic mass is 10.1. The zero-order valence-electron chi connectivity index (χ0n) is 10.8. The van der Waals surface area contributed by atoms with Crippen LogP contribution in [-0.4, -0.2) is 30.1 Å². The van der Waals surface area contributed by atoms with E-state index in [4.69, 9.17) is 5.11 Å². The number of hydrogen-bond donors (Lipinski definition) is 4. The Kier molecular flexibility index (Phi) is 4.06. The Morgan fingerprint density at radius 2 is 1.84 bits per heavy atom. The summed E-state index contributed by atoms with van der Waals surface area (Å²) in [6, 6.07) is 3.34. The van der Waals surface area contributed by atoms with Crippen LogP contribution in [0.1, 0.15) is 31.1 Å². The van der Waals surface area contributed by atoms with Gasteiger partial charge >= 0.3 is 5.97 Å². The van der Waals surface area contributed by atoms with Gasteiger partial charge in [0.2, 0.25) is 0 Å². The number of rotatable bonds is 4. The first-order valence-electron chi connectivity index (χ1n) is 5.38. The van der Waals surface area contributed by atoms with Gasteiger partial charge in [0.1, 0.15) is 5.75 Å². The monoisotopic (exact) mass is 288 g/mol. The topological polar surface area (TPSA) is 116 Å². The van der Waals surface area contributed by atoms with E-state index in [1.165, 1.54) is 12.1 Å². The number of benzene rings is 1. The Hall–Kier alpha value is -1.80. The first-order valence-corrected chi connectivity index (χ1v) is 6.86. The molecule has 0 saturated heterocycles. The van der Waals surface area contributed by atoms with E-state index in [1.807, 2.05) is 0 Å². The van der Waals surface area contributed by atoms with Gasteiger partial charge in [-0.15, -0.1) is 0 Å². The average Bonchev–Trinajstić information content (AvgIpc) is 2.16. The van der Waals surface area contributed by atoms with E-state index in [-0.39, 0.29) is 11.3 Å². The van der Waals surface area contributed by atoms with Gasteiger partial charge in [-0.05, 0) is 39.0 Å². The maximum Gasteiger partial charge on any atom is 0.335 e. The van der Waals surface area contributed by atoms with Gasteiger partial charge in [-0.1, -0.05) is 0 Å². The highest BCUT2D eigenvalue weighted by molar-refractivity contribution is 7.90. The van der Waals surface area contributed by atoms with Crippen molar-refractivity contribution in [2.45, 2.75) is 26.3 Å². The highest BCUT2D eigenvalue weighted by Gasteiger charge is 2.21. The molecule has 0 aliphatic rings. The number of carboxylic acid groups (broad SMARTS) is 1. The fourth-order valence-electron chi connectivity index (χ4n) is 1.32. The van der Waals surface area contributed by atoms with Crippen molar-refractivity contribution in [2.75, 3.05) is 4.72 Å². The summed E-state index contributed by atoms with van der Waals surface area (Å²) < 4.78 is 27.9. The number of nitrogens with one attached hydrogen (secondary N) is 2. The first kappa shape index (κ1) is 15.3. The molecular formula is C11H16N2O5S. The highest BCUT2D eigenvalue weighted by Crippen LogP contribution is 2.25. The van der Waals surface area contributed by atoms with Crippen LogP contribution in [0.15, 0.2) is 18.2 Å². The third kappa shape index (κ3) is 4.76. The van der Waals surface area contributed by atoms with Crippen molar-refractivity contribution in [1.29, 1.82) is 0 Å². The summed E-state index contributed by atoms with van der Waals surface area (Å²) in [6.07, 6.45) is 0. The summed E-state index contributed by atoms with van der Waals surface area (Å²) in [5.74, 6) is -1.67. The molecule has 1 aromatic rings. The predicted octanol–water partition coefficient (Wildman–Crippen LogP) is 1.14. The van der Waals surface area contributed by atoms with Crippen molar-refractivity contribution < 1.29 is 23.4 Å². The van der Waals surface area contributed by atoms with Crippen LogP contribution in [0.25, 0.3) is 0 Å². The Labute approximate surface area is 111 Å². The molecule has 19 heavy (non-hydrogen) atoms. The van der Waals surface area contributed by atoms with Crippen LogP contribution in [-0.2, 0) is 10.2 Å². The molecule has 0 aromatic heterocycles. The minimum absolute atomic E-state index is 0.0956. The summed E-state index contributed by atoms with van der Waals surface area (Å²) in [7, 11) is -3.86. The molecule has 0 heterocycles. The predicted molar refractivity (Wildman–Crippen MR) is 70.5 cm³/mol. The van der Waals surface area contributed by atoms with Crippen molar-refractivity contribution >= 4 is 21.9 Å². The summed E-state index contributed by atoms with van der Waals surface area (Å²) in [5, 5.41) is 18.3. The fourth-order valence-corrected chi connectivity index (χ4v) is 2.64. The Bertz CT molecular complexity index is 590. The molecule has 106 valence electrons. The summed E-state index contributed by atoms with van der Waals surface area (Å²) in [6.45, 7) is 5.00. The van der Waals surface area contributed by atoms with Gasteiger partial charge in [0.25, 0.3) is 10.2 Å². The van der Waals surface area contributed by atoms with E-state index >= 15 is 0 Å². The molecule has 8 heteroatoms. The number of phenols is 1. The van der Waals surface area contributed by atoms with Crippen molar-refractivity contribution in [3.05, 3.63) is 23.8 Å². The molecule has 0 fully saturated rings. The Morgan fingerprint density at radius 3 is 2.26 bits per heavy atom. The zero-order valence-corrected chi connectivity index (χ0v) is 11.6. The fraction of sp³-hybridized carbons (Fsp3) is 0.364. The van der Waals surface area contributed by atoms with E-state index < -0.39 is 27.5 Å². The third-order valence-electron chi connectivity index (χ3n) is 1.93. The second kappa shape index (κ2) is 5.06. The smallest absolute Gasteiger partial charge is 0.335 e. The largest absolute Gasteiger partial charge is 0.506 e. The maximum atomic E-state index is 11.7. The molecule has 0 bridgehead atoms. The van der Waals surface area contributed by atoms with Crippen molar-refractivity contribution in [3.8, 4) is 5.75 Å². The van der Waals surface area contributed by atoms with Crippen LogP contribution < -0.4 is 9.44 Å². The molecule has 0 aliphatic carbocycles. The summed E-state index contributed by atoms with van der Waals surface area (Å²) in [5.41, 5.74) is -0.909. The molecule has 7 nitrogen and oxygen atoms in total. The standard InChI is InChI=1S/C11H16N2O5S/c1-11(2,3)13-19(17,18)12-8-5-4-7(10(15)16)6-9(8)14/h4-6,12-14H,1-3H3,(H,15,16). The summed E-state index contributed by atoms with van der Waals surface area (Å²) in [4.78, 5) is 10.7. The van der Waals surface area contributed by atoms with Crippen molar-refractivity contribution in [1.82, 2.24) is 4.72 Å². The number of carboxylic acids is 1. The van der Waals surface area contributed by atoms with Crippen molar-refractivity contribution in [2.24, 2.45) is 0 Å². The summed E-state index contributed by atoms with van der Waals surface area (Å²) >= 11 is 0. The number of aromatic carboxylic acids is 1. The van der Waals surface area contributed by atoms with Gasteiger partial charge in [-0.25, -0.2) is 4.79 Å². The SMILES string of the molecule is CC(C)(C)NS(=O)(=O)Nc1ccc(C(=O)O)cc1O. The Balaban J connectivity index is 2.98. The van der Waals surface area contributed by atoms with Crippen LogP contribution in [0.2, 0.25) is 0 Å². The van der Waals surface area contributed by atoms with Gasteiger partial charge < -0.3 is 10.2 Å². The van der Waals surface area contributed by atoms with Crippen LogP contribution in [0.5, 0.6) is 5.75 Å². The average molecular weight is 288 g/mol.